The van der Waals surface area contributed by atoms with E-state index in [-0.39, 0.29) is 17.7 Å². The first-order valence-electron chi connectivity index (χ1n) is 14.5. The molecule has 12 heteroatoms. The van der Waals surface area contributed by atoms with Gasteiger partial charge in [0, 0.05) is 0 Å². The molecule has 12 nitrogen and oxygen atoms in total. The number of aliphatic hydroxyl groups is 3. The average molecular weight is 606 g/mol. The number of aliphatic carboxylic acids is 1. The summed E-state index contributed by atoms with van der Waals surface area (Å²) in [6.07, 6.45) is -0.605. The molecule has 5 atom stereocenters. The van der Waals surface area contributed by atoms with Crippen molar-refractivity contribution in [1.29, 1.82) is 0 Å². The number of hydrogen-bond acceptors (Lipinski definition) is 10. The van der Waals surface area contributed by atoms with Crippen LogP contribution in [0.15, 0.2) is 48.5 Å². The predicted octanol–water partition coefficient (Wildman–Crippen LogP) is 2.06. The third-order valence-electron chi connectivity index (χ3n) is 6.48. The molecule has 0 fully saturated rings. The molecule has 0 saturated heterocycles. The van der Waals surface area contributed by atoms with Gasteiger partial charge in [0.1, 0.15) is 23.8 Å². The molecule has 0 amide bonds. The summed E-state index contributed by atoms with van der Waals surface area (Å²) in [4.78, 5) is 22.8. The average Bonchev–Trinajstić information content (AvgIpc) is 2.93. The number of nitrogens with one attached hydrogen (secondary N) is 3. The zero-order chi connectivity index (χ0) is 32.0. The van der Waals surface area contributed by atoms with Gasteiger partial charge in [-0.15, -0.1) is 0 Å². The summed E-state index contributed by atoms with van der Waals surface area (Å²) in [5.41, 5.74) is 0.504. The molecule has 0 heterocycles. The van der Waals surface area contributed by atoms with Gasteiger partial charge in [-0.05, 0) is 69.8 Å². The molecule has 0 bridgehead atoms. The van der Waals surface area contributed by atoms with Crippen molar-refractivity contribution in [3.63, 3.8) is 0 Å². The van der Waals surface area contributed by atoms with Crippen LogP contribution in [0.5, 0.6) is 5.75 Å². The van der Waals surface area contributed by atoms with Crippen LogP contribution in [0.2, 0.25) is 0 Å². The van der Waals surface area contributed by atoms with E-state index in [0.717, 1.165) is 24.8 Å². The number of ether oxygens (including phenoxy) is 2. The SMILES string of the molecule is CCCCCN[C@H](O)[C@H](Cc1ccc(OCC(=O)O)c(C(=O)O)c1)N[C@@H](O)[C@H](Cc1ccccc1)N[C@@H](O)OC(C)(C)C. The molecule has 0 spiro atoms. The van der Waals surface area contributed by atoms with Gasteiger partial charge in [-0.25, -0.2) is 9.59 Å². The van der Waals surface area contributed by atoms with Crippen molar-refractivity contribution in [2.75, 3.05) is 13.2 Å². The summed E-state index contributed by atoms with van der Waals surface area (Å²) in [5.74, 6) is -2.64. The quantitative estimate of drug-likeness (QED) is 0.0811. The first-order valence-corrected chi connectivity index (χ1v) is 14.5. The van der Waals surface area contributed by atoms with Crippen molar-refractivity contribution in [3.8, 4) is 5.75 Å². The topological polar surface area (TPSA) is 190 Å². The van der Waals surface area contributed by atoms with Crippen LogP contribution in [-0.2, 0) is 22.4 Å². The molecule has 0 radical (unpaired) electrons. The molecule has 8 N–H and O–H groups in total. The van der Waals surface area contributed by atoms with Crippen LogP contribution in [0.1, 0.15) is 68.4 Å². The van der Waals surface area contributed by atoms with Gasteiger partial charge < -0.3 is 35.0 Å². The largest absolute Gasteiger partial charge is 0.481 e. The maximum atomic E-state index is 11.9. The minimum Gasteiger partial charge on any atom is -0.481 e. The molecule has 43 heavy (non-hydrogen) atoms. The normalized spacial score (nSPS) is 15.3. The number of unbranched alkanes of at least 4 members (excludes halogenated alkanes) is 2. The zero-order valence-corrected chi connectivity index (χ0v) is 25.3. The van der Waals surface area contributed by atoms with Gasteiger partial charge in [0.15, 0.2) is 6.61 Å². The number of carboxylic acid groups (broad SMARTS) is 2. The molecule has 0 aliphatic rings. The van der Waals surface area contributed by atoms with Crippen LogP contribution in [0, 0.1) is 0 Å². The van der Waals surface area contributed by atoms with Crippen LogP contribution in [-0.4, -0.2) is 87.2 Å². The minimum atomic E-state index is -1.39. The van der Waals surface area contributed by atoms with Gasteiger partial charge in [-0.2, -0.15) is 0 Å². The van der Waals surface area contributed by atoms with Gasteiger partial charge in [-0.3, -0.25) is 16.0 Å². The van der Waals surface area contributed by atoms with Crippen LogP contribution in [0.25, 0.3) is 0 Å². The highest BCUT2D eigenvalue weighted by molar-refractivity contribution is 5.91. The van der Waals surface area contributed by atoms with E-state index in [2.05, 4.69) is 22.9 Å². The van der Waals surface area contributed by atoms with Crippen molar-refractivity contribution in [1.82, 2.24) is 16.0 Å². The summed E-state index contributed by atoms with van der Waals surface area (Å²) in [7, 11) is 0. The minimum absolute atomic E-state index is 0.0948. The number of aliphatic hydroxyl groups excluding tert-OH is 3. The summed E-state index contributed by atoms with van der Waals surface area (Å²) >= 11 is 0. The zero-order valence-electron chi connectivity index (χ0n) is 25.3. The molecular weight excluding hydrogens is 558 g/mol. The summed E-state index contributed by atoms with van der Waals surface area (Å²) in [5, 5.41) is 60.7. The number of rotatable bonds is 20. The van der Waals surface area contributed by atoms with E-state index in [9.17, 15) is 30.0 Å². The molecule has 2 aromatic carbocycles. The van der Waals surface area contributed by atoms with Crippen LogP contribution in [0.4, 0.5) is 0 Å². The van der Waals surface area contributed by atoms with Crippen molar-refractivity contribution >= 4 is 11.9 Å². The van der Waals surface area contributed by atoms with Crippen molar-refractivity contribution in [2.45, 2.75) is 96.4 Å². The highest BCUT2D eigenvalue weighted by atomic mass is 16.6. The Bertz CT molecular complexity index is 1130. The summed E-state index contributed by atoms with van der Waals surface area (Å²) in [6.45, 7) is 7.27. The van der Waals surface area contributed by atoms with E-state index in [4.69, 9.17) is 14.6 Å². The molecule has 2 rings (SSSR count). The van der Waals surface area contributed by atoms with Crippen molar-refractivity contribution in [3.05, 3.63) is 65.2 Å². The fourth-order valence-corrected chi connectivity index (χ4v) is 4.44. The number of benzene rings is 2. The second-order valence-electron chi connectivity index (χ2n) is 11.4. The first kappa shape index (κ1) is 36.1. The predicted molar refractivity (Wildman–Crippen MR) is 161 cm³/mol. The lowest BCUT2D eigenvalue weighted by atomic mass is 9.99. The van der Waals surface area contributed by atoms with Crippen LogP contribution >= 0.6 is 0 Å². The smallest absolute Gasteiger partial charge is 0.341 e. The molecule has 0 unspecified atom stereocenters. The molecule has 0 aromatic heterocycles. The molecule has 2 aromatic rings. The Balaban J connectivity index is 2.32. The Morgan fingerprint density at radius 1 is 0.860 bits per heavy atom. The second kappa shape index (κ2) is 17.9. The second-order valence-corrected chi connectivity index (χ2v) is 11.4. The van der Waals surface area contributed by atoms with E-state index in [0.29, 0.717) is 18.5 Å². The Kier molecular flexibility index (Phi) is 15.0. The van der Waals surface area contributed by atoms with E-state index in [1.165, 1.54) is 12.1 Å². The Morgan fingerprint density at radius 3 is 2.12 bits per heavy atom. The highest BCUT2D eigenvalue weighted by Crippen LogP contribution is 2.22. The van der Waals surface area contributed by atoms with Gasteiger partial charge in [0.2, 0.25) is 6.41 Å². The Hall–Kier alpha value is -3.10. The van der Waals surface area contributed by atoms with Crippen LogP contribution in [0.3, 0.4) is 0 Å². The van der Waals surface area contributed by atoms with Gasteiger partial charge in [-0.1, -0.05) is 56.2 Å². The first-order chi connectivity index (χ1) is 20.3. The van der Waals surface area contributed by atoms with Crippen molar-refractivity contribution < 1.29 is 44.6 Å². The third-order valence-corrected chi connectivity index (χ3v) is 6.48. The molecule has 0 aliphatic carbocycles. The van der Waals surface area contributed by atoms with Gasteiger partial charge in [0.25, 0.3) is 0 Å². The monoisotopic (exact) mass is 605 g/mol. The Labute approximate surface area is 253 Å². The molecule has 240 valence electrons. The number of carboxylic acids is 2. The fraction of sp³-hybridized carbons (Fsp3) is 0.548. The van der Waals surface area contributed by atoms with E-state index >= 15 is 0 Å². The lowest BCUT2D eigenvalue weighted by molar-refractivity contribution is -0.190. The molecular formula is C31H47N3O9. The highest BCUT2D eigenvalue weighted by Gasteiger charge is 2.29. The lowest BCUT2D eigenvalue weighted by Crippen LogP contribution is -2.60. The maximum Gasteiger partial charge on any atom is 0.341 e. The third kappa shape index (κ3) is 13.8. The molecule has 0 aliphatic heterocycles. The fourth-order valence-electron chi connectivity index (χ4n) is 4.44. The molecule has 0 saturated carbocycles. The van der Waals surface area contributed by atoms with Crippen molar-refractivity contribution in [2.24, 2.45) is 0 Å². The van der Waals surface area contributed by atoms with Gasteiger partial charge >= 0.3 is 11.9 Å². The summed E-state index contributed by atoms with van der Waals surface area (Å²) in [6, 6.07) is 12.1. The lowest BCUT2D eigenvalue weighted by Gasteiger charge is -2.34. The Morgan fingerprint density at radius 2 is 1.51 bits per heavy atom. The number of carbonyl (C=O) groups is 2. The van der Waals surface area contributed by atoms with E-state index in [1.807, 2.05) is 30.3 Å². The standard InChI is InChI=1S/C31H47N3O9/c1-5-6-10-15-32-27(37)23(18-21-13-14-25(42-19-26(35)36)22(16-21)29(39)40)33-28(38)24(17-20-11-8-7-9-12-20)34-30(41)43-31(2,3)4/h7-9,11-14,16,23-24,27-28,30,32-34,37-38,41H,5-6,10,15,17-19H2,1-4H3,(H,35,36)(H,39,40)/t23-,24-,27+,28-,30-/m0/s1. The maximum absolute atomic E-state index is 11.9. The van der Waals surface area contributed by atoms with E-state index < -0.39 is 55.1 Å². The number of hydrogen-bond donors (Lipinski definition) is 8. The van der Waals surface area contributed by atoms with Crippen LogP contribution < -0.4 is 20.7 Å². The van der Waals surface area contributed by atoms with Gasteiger partial charge in [0.05, 0.1) is 17.7 Å². The van der Waals surface area contributed by atoms with E-state index in [1.54, 1.807) is 26.8 Å². The number of aromatic carboxylic acids is 1. The summed E-state index contributed by atoms with van der Waals surface area (Å²) < 4.78 is 10.7.